The summed E-state index contributed by atoms with van der Waals surface area (Å²) >= 11 is 0. The molecule has 3 rings (SSSR count). The molecule has 1 aliphatic heterocycles. The van der Waals surface area contributed by atoms with Gasteiger partial charge in [-0.05, 0) is 31.5 Å². The van der Waals surface area contributed by atoms with E-state index in [1.807, 2.05) is 31.2 Å². The van der Waals surface area contributed by atoms with Crippen molar-refractivity contribution in [1.29, 1.82) is 0 Å². The van der Waals surface area contributed by atoms with Gasteiger partial charge in [0.2, 0.25) is 0 Å². The SMILES string of the molecule is COc1cnccc1C(C)NC(=O)NC1CCN(c2ccccc2)C1. The summed E-state index contributed by atoms with van der Waals surface area (Å²) in [5, 5.41) is 6.04. The summed E-state index contributed by atoms with van der Waals surface area (Å²) < 4.78 is 5.30. The van der Waals surface area contributed by atoms with E-state index in [1.54, 1.807) is 19.5 Å². The number of nitrogens with zero attached hydrogens (tertiary/aromatic N) is 2. The Labute approximate surface area is 148 Å². The Hall–Kier alpha value is -2.76. The molecule has 2 unspecified atom stereocenters. The molecule has 1 fully saturated rings. The van der Waals surface area contributed by atoms with Crippen molar-refractivity contribution in [3.8, 4) is 5.75 Å². The Kier molecular flexibility index (Phi) is 5.38. The summed E-state index contributed by atoms with van der Waals surface area (Å²) in [7, 11) is 1.60. The van der Waals surface area contributed by atoms with Gasteiger partial charge in [0.05, 0.1) is 19.3 Å². The second kappa shape index (κ2) is 7.88. The van der Waals surface area contributed by atoms with Crippen molar-refractivity contribution in [1.82, 2.24) is 15.6 Å². The van der Waals surface area contributed by atoms with Gasteiger partial charge in [-0.15, -0.1) is 0 Å². The monoisotopic (exact) mass is 340 g/mol. The molecular formula is C19H24N4O2. The topological polar surface area (TPSA) is 66.5 Å². The first-order valence-corrected chi connectivity index (χ1v) is 8.52. The van der Waals surface area contributed by atoms with Crippen molar-refractivity contribution < 1.29 is 9.53 Å². The van der Waals surface area contributed by atoms with Gasteiger partial charge >= 0.3 is 6.03 Å². The molecule has 1 aromatic heterocycles. The molecule has 2 heterocycles. The zero-order valence-corrected chi connectivity index (χ0v) is 14.6. The number of ether oxygens (including phenoxy) is 1. The van der Waals surface area contributed by atoms with Crippen LogP contribution >= 0.6 is 0 Å². The maximum atomic E-state index is 12.3. The van der Waals surface area contributed by atoms with Gasteiger partial charge in [-0.3, -0.25) is 4.98 Å². The maximum Gasteiger partial charge on any atom is 0.315 e. The Morgan fingerprint density at radius 3 is 2.88 bits per heavy atom. The predicted molar refractivity (Wildman–Crippen MR) is 97.9 cm³/mol. The molecule has 2 N–H and O–H groups in total. The number of carbonyl (C=O) groups excluding carboxylic acids is 1. The number of pyridine rings is 1. The van der Waals surface area contributed by atoms with Crippen molar-refractivity contribution in [2.24, 2.45) is 0 Å². The molecule has 1 saturated heterocycles. The quantitative estimate of drug-likeness (QED) is 0.878. The summed E-state index contributed by atoms with van der Waals surface area (Å²) in [5.74, 6) is 0.673. The number of aromatic nitrogens is 1. The fourth-order valence-corrected chi connectivity index (χ4v) is 3.17. The van der Waals surface area contributed by atoms with Gasteiger partial charge in [0, 0.05) is 36.6 Å². The molecule has 0 aliphatic carbocycles. The van der Waals surface area contributed by atoms with Crippen LogP contribution in [0.3, 0.4) is 0 Å². The van der Waals surface area contributed by atoms with Crippen molar-refractivity contribution in [2.45, 2.75) is 25.4 Å². The van der Waals surface area contributed by atoms with Gasteiger partial charge < -0.3 is 20.3 Å². The van der Waals surface area contributed by atoms with E-state index >= 15 is 0 Å². The van der Waals surface area contributed by atoms with Gasteiger partial charge in [0.1, 0.15) is 5.75 Å². The van der Waals surface area contributed by atoms with E-state index in [9.17, 15) is 4.79 Å². The molecule has 2 amide bonds. The molecule has 0 spiro atoms. The molecule has 6 heteroatoms. The van der Waals surface area contributed by atoms with Crippen LogP contribution in [0.4, 0.5) is 10.5 Å². The summed E-state index contributed by atoms with van der Waals surface area (Å²) in [6.07, 6.45) is 4.29. The molecule has 132 valence electrons. The van der Waals surface area contributed by atoms with Crippen LogP contribution in [0.2, 0.25) is 0 Å². The average Bonchev–Trinajstić information content (AvgIpc) is 3.10. The first kappa shape index (κ1) is 17.1. The molecule has 2 aromatic rings. The average molecular weight is 340 g/mol. The number of benzene rings is 1. The van der Waals surface area contributed by atoms with Crippen molar-refractivity contribution >= 4 is 11.7 Å². The van der Waals surface area contributed by atoms with Gasteiger partial charge in [0.15, 0.2) is 0 Å². The number of rotatable bonds is 5. The number of carbonyl (C=O) groups is 1. The molecule has 1 aliphatic rings. The Morgan fingerprint density at radius 2 is 2.12 bits per heavy atom. The minimum Gasteiger partial charge on any atom is -0.495 e. The van der Waals surface area contributed by atoms with Gasteiger partial charge in [0.25, 0.3) is 0 Å². The molecule has 25 heavy (non-hydrogen) atoms. The Morgan fingerprint density at radius 1 is 1.32 bits per heavy atom. The number of para-hydroxylation sites is 1. The Bertz CT molecular complexity index is 708. The van der Waals surface area contributed by atoms with Gasteiger partial charge in [-0.25, -0.2) is 4.79 Å². The standard InChI is InChI=1S/C19H24N4O2/c1-14(17-8-10-20-12-18(17)25-2)21-19(24)22-15-9-11-23(13-15)16-6-4-3-5-7-16/h3-8,10,12,14-15H,9,11,13H2,1-2H3,(H2,21,22,24). The third-order valence-corrected chi connectivity index (χ3v) is 4.50. The van der Waals surface area contributed by atoms with Gasteiger partial charge in [-0.2, -0.15) is 0 Å². The second-order valence-corrected chi connectivity index (χ2v) is 6.22. The predicted octanol–water partition coefficient (Wildman–Crippen LogP) is 2.73. The van der Waals surface area contributed by atoms with E-state index in [0.717, 1.165) is 25.1 Å². The third-order valence-electron chi connectivity index (χ3n) is 4.50. The molecule has 0 bridgehead atoms. The molecular weight excluding hydrogens is 316 g/mol. The number of hydrogen-bond donors (Lipinski definition) is 2. The van der Waals surface area contributed by atoms with E-state index < -0.39 is 0 Å². The molecule has 1 aromatic carbocycles. The lowest BCUT2D eigenvalue weighted by Crippen LogP contribution is -2.44. The van der Waals surface area contributed by atoms with Crippen LogP contribution < -0.4 is 20.3 Å². The largest absolute Gasteiger partial charge is 0.495 e. The third kappa shape index (κ3) is 4.21. The number of hydrogen-bond acceptors (Lipinski definition) is 4. The summed E-state index contributed by atoms with van der Waals surface area (Å²) in [5.41, 5.74) is 2.10. The molecule has 2 atom stereocenters. The normalized spacial score (nSPS) is 17.8. The summed E-state index contributed by atoms with van der Waals surface area (Å²) in [6, 6.07) is 12.0. The lowest BCUT2D eigenvalue weighted by Gasteiger charge is -2.21. The molecule has 0 radical (unpaired) electrons. The maximum absolute atomic E-state index is 12.3. The lowest BCUT2D eigenvalue weighted by molar-refractivity contribution is 0.234. The van der Waals surface area contributed by atoms with E-state index in [2.05, 4.69) is 32.7 Å². The molecule has 0 saturated carbocycles. The van der Waals surface area contributed by atoms with Crippen LogP contribution in [0.1, 0.15) is 24.9 Å². The minimum absolute atomic E-state index is 0.145. The number of anilines is 1. The highest BCUT2D eigenvalue weighted by molar-refractivity contribution is 5.75. The van der Waals surface area contributed by atoms with E-state index in [0.29, 0.717) is 5.75 Å². The highest BCUT2D eigenvalue weighted by Gasteiger charge is 2.24. The van der Waals surface area contributed by atoms with Crippen LogP contribution in [0, 0.1) is 0 Å². The highest BCUT2D eigenvalue weighted by Crippen LogP contribution is 2.23. The second-order valence-electron chi connectivity index (χ2n) is 6.22. The minimum atomic E-state index is -0.162. The van der Waals surface area contributed by atoms with E-state index in [-0.39, 0.29) is 18.1 Å². The van der Waals surface area contributed by atoms with Crippen molar-refractivity contribution in [3.05, 3.63) is 54.4 Å². The highest BCUT2D eigenvalue weighted by atomic mass is 16.5. The molecule has 6 nitrogen and oxygen atoms in total. The number of amides is 2. The van der Waals surface area contributed by atoms with Crippen LogP contribution in [0.5, 0.6) is 5.75 Å². The Balaban J connectivity index is 1.53. The smallest absolute Gasteiger partial charge is 0.315 e. The van der Waals surface area contributed by atoms with Crippen LogP contribution in [0.15, 0.2) is 48.8 Å². The van der Waals surface area contributed by atoms with Crippen LogP contribution in [-0.2, 0) is 0 Å². The lowest BCUT2D eigenvalue weighted by atomic mass is 10.1. The number of methoxy groups -OCH3 is 1. The zero-order chi connectivity index (χ0) is 17.6. The zero-order valence-electron chi connectivity index (χ0n) is 14.6. The first-order valence-electron chi connectivity index (χ1n) is 8.52. The van der Waals surface area contributed by atoms with Gasteiger partial charge in [-0.1, -0.05) is 18.2 Å². The fraction of sp³-hybridized carbons (Fsp3) is 0.368. The van der Waals surface area contributed by atoms with Crippen LogP contribution in [0.25, 0.3) is 0 Å². The van der Waals surface area contributed by atoms with Crippen molar-refractivity contribution in [3.63, 3.8) is 0 Å². The first-order chi connectivity index (χ1) is 12.2. The number of urea groups is 1. The number of nitrogens with one attached hydrogen (secondary N) is 2. The summed E-state index contributed by atoms with van der Waals surface area (Å²) in [4.78, 5) is 18.7. The fourth-order valence-electron chi connectivity index (χ4n) is 3.17. The van der Waals surface area contributed by atoms with Crippen molar-refractivity contribution in [2.75, 3.05) is 25.1 Å². The van der Waals surface area contributed by atoms with Crippen LogP contribution in [-0.4, -0.2) is 37.3 Å². The van der Waals surface area contributed by atoms with E-state index in [4.69, 9.17) is 4.74 Å². The summed E-state index contributed by atoms with van der Waals surface area (Å²) in [6.45, 7) is 3.70. The van der Waals surface area contributed by atoms with E-state index in [1.165, 1.54) is 5.69 Å².